The van der Waals surface area contributed by atoms with E-state index in [1.54, 1.807) is 0 Å². The van der Waals surface area contributed by atoms with E-state index in [0.29, 0.717) is 0 Å². The van der Waals surface area contributed by atoms with Crippen LogP contribution >= 0.6 is 24.8 Å². The van der Waals surface area contributed by atoms with E-state index >= 15 is 0 Å². The van der Waals surface area contributed by atoms with Crippen molar-refractivity contribution in [2.24, 2.45) is 0 Å². The van der Waals surface area contributed by atoms with Crippen molar-refractivity contribution in [2.75, 3.05) is 0 Å². The van der Waals surface area contributed by atoms with Gasteiger partial charge in [-0.3, -0.25) is 0 Å². The van der Waals surface area contributed by atoms with Gasteiger partial charge in [0.2, 0.25) is 0 Å². The van der Waals surface area contributed by atoms with Crippen molar-refractivity contribution >= 4 is 24.8 Å². The third-order valence-electron chi connectivity index (χ3n) is 0. The van der Waals surface area contributed by atoms with Crippen LogP contribution in [0.2, 0.25) is 0 Å². The number of rotatable bonds is 0. The first kappa shape index (κ1) is 33.5. The molecular weight excluding hydrogens is 96.9 g/mol. The Labute approximate surface area is 37.4 Å². The van der Waals surface area contributed by atoms with Gasteiger partial charge in [0.05, 0.1) is 0 Å². The minimum absolute atomic E-state index is 0. The summed E-state index contributed by atoms with van der Waals surface area (Å²) in [5, 5.41) is 6.25. The molecule has 0 aromatic rings. The van der Waals surface area contributed by atoms with Crippen LogP contribution in [-0.4, -0.2) is 0 Å². The molecule has 0 amide bonds. The maximum atomic E-state index is 6.25. The van der Waals surface area contributed by atoms with Crippen molar-refractivity contribution in [1.29, 1.82) is 5.26 Å². The zero-order valence-corrected chi connectivity index (χ0v) is 3.40. The molecule has 0 radical (unpaired) electrons. The Morgan fingerprint density at radius 3 is 1.00 bits per heavy atom. The fourth-order valence-corrected chi connectivity index (χ4v) is 0. The van der Waals surface area contributed by atoms with E-state index in [1.807, 2.05) is 0 Å². The average Bonchev–Trinajstić information content (AvgIpc) is 1.00. The van der Waals surface area contributed by atoms with E-state index in [0.717, 1.165) is 0 Å². The molecule has 0 bridgehead atoms. The molecule has 0 aromatic carbocycles. The van der Waals surface area contributed by atoms with Gasteiger partial charge in [0.1, 0.15) is 0 Å². The molecule has 0 aliphatic carbocycles. The number of nitrogens with zero attached hydrogens (tertiary/aromatic N) is 1. The molecule has 0 rings (SSSR count). The normalized spacial score (nSPS) is 0.500. The smallest absolute Gasteiger partial charge is 0.147 e. The van der Waals surface area contributed by atoms with Crippen LogP contribution in [0, 0.1) is 11.8 Å². The lowest BCUT2D eigenvalue weighted by Crippen LogP contribution is -0.530. The molecule has 0 aliphatic heterocycles. The van der Waals surface area contributed by atoms with Gasteiger partial charge >= 0.3 is 0 Å². The van der Waals surface area contributed by atoms with Gasteiger partial charge in [0.15, 0.2) is 0 Å². The number of hydrogen-bond acceptors (Lipinski definition) is 1. The van der Waals surface area contributed by atoms with Crippen LogP contribution in [0.15, 0.2) is 0 Å². The third-order valence-corrected chi connectivity index (χ3v) is 0. The van der Waals surface area contributed by atoms with E-state index in [9.17, 15) is 0 Å². The molecule has 0 saturated carbocycles. The Hall–Kier alpha value is 0.0700. The van der Waals surface area contributed by atoms with Crippen molar-refractivity contribution in [3.63, 3.8) is 0 Å². The van der Waals surface area contributed by atoms with Gasteiger partial charge in [-0.1, -0.05) is 0 Å². The first-order valence-electron chi connectivity index (χ1n) is 0.224. The average molecular weight is 98.9 g/mol. The highest BCUT2D eigenvalue weighted by Crippen LogP contribution is 0.691. The fourth-order valence-electron chi connectivity index (χ4n) is 0. The Morgan fingerprint density at radius 2 is 1.00 bits per heavy atom. The molecule has 0 fully saturated rings. The minimum Gasteiger partial charge on any atom is -0.512 e. The Bertz CT molecular complexity index is 10.8. The molecule has 3 heteroatoms. The fraction of sp³-hybridized carbons (Fsp3) is 0. The molecule has 26 valence electrons. The first-order chi connectivity index (χ1) is 1.00. The molecule has 0 saturated heterocycles. The Morgan fingerprint density at radius 1 is 1.00 bits per heavy atom. The minimum atomic E-state index is 0. The van der Waals surface area contributed by atoms with Gasteiger partial charge in [-0.25, -0.2) is 0 Å². The number of hydrogen-bond donors (Lipinski definition) is 0. The summed E-state index contributed by atoms with van der Waals surface area (Å²) in [4.78, 5) is 0. The molecule has 0 unspecified atom stereocenters. The van der Waals surface area contributed by atoms with Crippen LogP contribution in [0.3, 0.4) is 0 Å². The second-order valence-corrected chi connectivity index (χ2v) is 0. The second-order valence-electron chi connectivity index (χ2n) is 0. The van der Waals surface area contributed by atoms with Crippen LogP contribution in [0.25, 0.3) is 0 Å². The molecule has 0 spiro atoms. The summed E-state index contributed by atoms with van der Waals surface area (Å²) in [5.41, 5.74) is 0. The van der Waals surface area contributed by atoms with Gasteiger partial charge in [-0.15, -0.1) is 24.8 Å². The molecule has 0 N–H and O–H groups in total. The summed E-state index contributed by atoms with van der Waals surface area (Å²) in [6, 6.07) is 0. The highest BCUT2D eigenvalue weighted by atomic mass is 35.5. The standard InChI is InChI=1S/CN.2ClH/c1-2;;/h;2*1H/q-1;;. The number of halogens is 2. The molecule has 1 nitrogen and oxygen atoms in total. The van der Waals surface area contributed by atoms with Crippen molar-refractivity contribution in [3.05, 3.63) is 6.57 Å². The zero-order chi connectivity index (χ0) is 2.00. The van der Waals surface area contributed by atoms with Crippen LogP contribution < -0.4 is 0 Å². The van der Waals surface area contributed by atoms with Crippen LogP contribution in [0.4, 0.5) is 0 Å². The van der Waals surface area contributed by atoms with Gasteiger partial charge in [-0.2, -0.15) is 0 Å². The van der Waals surface area contributed by atoms with Crippen molar-refractivity contribution in [3.8, 4) is 0 Å². The highest BCUT2D eigenvalue weighted by Gasteiger charge is 0.0775. The second kappa shape index (κ2) is 2680. The van der Waals surface area contributed by atoms with Gasteiger partial charge in [0.25, 0.3) is 0 Å². The van der Waals surface area contributed by atoms with Crippen LogP contribution in [-0.2, 0) is 0 Å². The van der Waals surface area contributed by atoms with Crippen molar-refractivity contribution < 1.29 is 0 Å². The monoisotopic (exact) mass is 98.0 g/mol. The molecule has 4 heavy (non-hydrogen) atoms. The SMILES string of the molecule is Cl.Cl.[C-]#N. The summed E-state index contributed by atoms with van der Waals surface area (Å²) < 4.78 is 0. The van der Waals surface area contributed by atoms with E-state index in [4.69, 9.17) is 11.8 Å². The summed E-state index contributed by atoms with van der Waals surface area (Å²) in [5.74, 6) is 0. The lowest BCUT2D eigenvalue weighted by atomic mass is 11.9. The van der Waals surface area contributed by atoms with Gasteiger partial charge < -0.3 is 11.8 Å². The maximum Gasteiger partial charge on any atom is -0.147 e. The van der Waals surface area contributed by atoms with Crippen LogP contribution in [0.1, 0.15) is 0 Å². The summed E-state index contributed by atoms with van der Waals surface area (Å²) in [7, 11) is 0. The quantitative estimate of drug-likeness (QED) is 0.414. The molecule has 0 atom stereocenters. The largest absolute Gasteiger partial charge is 0.512 e. The van der Waals surface area contributed by atoms with E-state index < -0.39 is 0 Å². The van der Waals surface area contributed by atoms with E-state index in [1.165, 1.54) is 0 Å². The molecule has 0 heterocycles. The zero-order valence-electron chi connectivity index (χ0n) is 1.76. The summed E-state index contributed by atoms with van der Waals surface area (Å²) >= 11 is 0. The van der Waals surface area contributed by atoms with Crippen molar-refractivity contribution in [1.82, 2.24) is 0 Å². The molecular formula is CH2Cl2N-. The van der Waals surface area contributed by atoms with Crippen LogP contribution in [0.5, 0.6) is 0 Å². The maximum absolute atomic E-state index is 6.25. The third kappa shape index (κ3) is 484. The summed E-state index contributed by atoms with van der Waals surface area (Å²) in [6.07, 6.45) is 0. The first-order valence-corrected chi connectivity index (χ1v) is 0.224. The van der Waals surface area contributed by atoms with E-state index in [-0.39, 0.29) is 24.8 Å². The van der Waals surface area contributed by atoms with Gasteiger partial charge in [-0.05, 0) is 0 Å². The summed E-state index contributed by atoms with van der Waals surface area (Å²) in [6.45, 7) is 4.75. The molecule has 0 aliphatic rings. The Kier molecular flexibility index (Phi) is 22500. The lowest BCUT2D eigenvalue weighted by molar-refractivity contribution is 1.53. The van der Waals surface area contributed by atoms with E-state index in [2.05, 4.69) is 0 Å². The Balaban J connectivity index is -0.00000000500. The van der Waals surface area contributed by atoms with Gasteiger partial charge in [0, 0.05) is 0 Å². The highest BCUT2D eigenvalue weighted by molar-refractivity contribution is 5.85. The predicted octanol–water partition coefficient (Wildman–Crippen LogP) is 0.940. The lowest BCUT2D eigenvalue weighted by Gasteiger charge is -1.08. The topological polar surface area (TPSA) is 23.8 Å². The van der Waals surface area contributed by atoms with Crippen molar-refractivity contribution in [2.45, 2.75) is 0 Å². The molecule has 0 aromatic heterocycles. The predicted molar refractivity (Wildman–Crippen MR) is 19.5 cm³/mol.